The third kappa shape index (κ3) is 3.42. The molecule has 0 saturated heterocycles. The minimum absolute atomic E-state index is 0.441. The molecule has 18 heavy (non-hydrogen) atoms. The van der Waals surface area contributed by atoms with Crippen LogP contribution in [0, 0.1) is 23.2 Å². The van der Waals surface area contributed by atoms with Crippen molar-refractivity contribution in [2.24, 2.45) is 17.6 Å². The van der Waals surface area contributed by atoms with E-state index in [1.807, 2.05) is 0 Å². The lowest BCUT2D eigenvalue weighted by atomic mass is 9.88. The van der Waals surface area contributed by atoms with Crippen LogP contribution in [0.1, 0.15) is 58.3 Å². The van der Waals surface area contributed by atoms with Crippen LogP contribution in [0.25, 0.3) is 0 Å². The van der Waals surface area contributed by atoms with Crippen LogP contribution in [0.15, 0.2) is 0 Å². The van der Waals surface area contributed by atoms with Gasteiger partial charge in [0.25, 0.3) is 0 Å². The van der Waals surface area contributed by atoms with E-state index < -0.39 is 5.54 Å². The minimum atomic E-state index is -0.513. The summed E-state index contributed by atoms with van der Waals surface area (Å²) in [5.74, 6) is 2.55. The molecule has 4 atom stereocenters. The normalized spacial score (nSPS) is 40.6. The first kappa shape index (κ1) is 14.2. The molecule has 2 nitrogen and oxygen atoms in total. The molecule has 0 aromatic carbocycles. The van der Waals surface area contributed by atoms with E-state index in [9.17, 15) is 5.26 Å². The molecule has 0 spiro atoms. The fraction of sp³-hybridized carbons (Fsp3) is 0.933. The average molecular weight is 266 g/mol. The van der Waals surface area contributed by atoms with E-state index in [1.54, 1.807) is 0 Å². The quantitative estimate of drug-likeness (QED) is 0.844. The van der Waals surface area contributed by atoms with Crippen molar-refractivity contribution < 1.29 is 0 Å². The minimum Gasteiger partial charge on any atom is -0.313 e. The van der Waals surface area contributed by atoms with Crippen LogP contribution >= 0.6 is 11.8 Å². The molecule has 2 fully saturated rings. The molecule has 0 bridgehead atoms. The zero-order chi connectivity index (χ0) is 13.0. The van der Waals surface area contributed by atoms with Gasteiger partial charge in [0.2, 0.25) is 0 Å². The van der Waals surface area contributed by atoms with Crippen molar-refractivity contribution in [3.8, 4) is 6.07 Å². The Bertz CT molecular complexity index is 312. The summed E-state index contributed by atoms with van der Waals surface area (Å²) in [5.41, 5.74) is 5.66. The number of nitrogens with two attached hydrogens (primary N) is 1. The Labute approximate surface area is 116 Å². The predicted octanol–water partition coefficient (Wildman–Crippen LogP) is 3.71. The molecule has 0 aromatic heterocycles. The number of nitrogens with zero attached hydrogens (tertiary/aromatic N) is 1. The molecule has 102 valence electrons. The van der Waals surface area contributed by atoms with Gasteiger partial charge in [0, 0.05) is 5.25 Å². The number of nitriles is 1. The van der Waals surface area contributed by atoms with E-state index >= 15 is 0 Å². The molecule has 2 N–H and O–H groups in total. The highest BCUT2D eigenvalue weighted by Gasteiger charge is 2.39. The van der Waals surface area contributed by atoms with E-state index in [1.165, 1.54) is 31.4 Å². The Balaban J connectivity index is 1.71. The molecule has 4 unspecified atom stereocenters. The SMILES string of the molecule is CC1CCCC(SCCC2CCCC2(N)C#N)C1. The van der Waals surface area contributed by atoms with Crippen molar-refractivity contribution in [1.82, 2.24) is 0 Å². The molecule has 0 heterocycles. The van der Waals surface area contributed by atoms with Crippen LogP contribution in [-0.4, -0.2) is 16.5 Å². The van der Waals surface area contributed by atoms with E-state index in [0.29, 0.717) is 5.92 Å². The highest BCUT2D eigenvalue weighted by atomic mass is 32.2. The first-order chi connectivity index (χ1) is 8.64. The zero-order valence-corrected chi connectivity index (χ0v) is 12.3. The molecular weight excluding hydrogens is 240 g/mol. The number of rotatable bonds is 4. The summed E-state index contributed by atoms with van der Waals surface area (Å²) in [6.07, 6.45) is 9.94. The lowest BCUT2D eigenvalue weighted by molar-refractivity contribution is 0.384. The van der Waals surface area contributed by atoms with E-state index in [-0.39, 0.29) is 0 Å². The number of hydrogen-bond donors (Lipinski definition) is 1. The first-order valence-electron chi connectivity index (χ1n) is 7.46. The Hall–Kier alpha value is -0.200. The van der Waals surface area contributed by atoms with Gasteiger partial charge in [0.05, 0.1) is 6.07 Å². The van der Waals surface area contributed by atoms with Crippen LogP contribution in [0.4, 0.5) is 0 Å². The van der Waals surface area contributed by atoms with Gasteiger partial charge in [-0.1, -0.05) is 26.2 Å². The maximum atomic E-state index is 9.20. The molecular formula is C15H26N2S. The number of hydrogen-bond acceptors (Lipinski definition) is 3. The Morgan fingerprint density at radius 3 is 2.89 bits per heavy atom. The summed E-state index contributed by atoms with van der Waals surface area (Å²) >= 11 is 2.13. The van der Waals surface area contributed by atoms with Gasteiger partial charge in [-0.2, -0.15) is 17.0 Å². The molecule has 0 aliphatic heterocycles. The fourth-order valence-corrected chi connectivity index (χ4v) is 5.11. The summed E-state index contributed by atoms with van der Waals surface area (Å²) in [6, 6.07) is 2.35. The fourth-order valence-electron chi connectivity index (χ4n) is 3.56. The van der Waals surface area contributed by atoms with Crippen LogP contribution in [0.2, 0.25) is 0 Å². The van der Waals surface area contributed by atoms with Gasteiger partial charge in [0.15, 0.2) is 0 Å². The lowest BCUT2D eigenvalue weighted by Crippen LogP contribution is -2.42. The topological polar surface area (TPSA) is 49.8 Å². The van der Waals surface area contributed by atoms with Crippen LogP contribution < -0.4 is 5.73 Å². The third-order valence-corrected chi connectivity index (χ3v) is 6.16. The van der Waals surface area contributed by atoms with Gasteiger partial charge in [0.1, 0.15) is 5.54 Å². The molecule has 2 rings (SSSR count). The van der Waals surface area contributed by atoms with Crippen LogP contribution in [-0.2, 0) is 0 Å². The summed E-state index contributed by atoms with van der Waals surface area (Å²) in [4.78, 5) is 0. The Morgan fingerprint density at radius 2 is 2.17 bits per heavy atom. The highest BCUT2D eigenvalue weighted by molar-refractivity contribution is 7.99. The second kappa shape index (κ2) is 6.30. The van der Waals surface area contributed by atoms with Gasteiger partial charge in [-0.25, -0.2) is 0 Å². The smallest absolute Gasteiger partial charge is 0.107 e. The second-order valence-corrected chi connectivity index (χ2v) is 7.70. The van der Waals surface area contributed by atoms with Crippen molar-refractivity contribution in [2.75, 3.05) is 5.75 Å². The number of thioether (sulfide) groups is 1. The van der Waals surface area contributed by atoms with Crippen molar-refractivity contribution in [3.05, 3.63) is 0 Å². The van der Waals surface area contributed by atoms with Gasteiger partial charge >= 0.3 is 0 Å². The van der Waals surface area contributed by atoms with E-state index in [4.69, 9.17) is 5.73 Å². The summed E-state index contributed by atoms with van der Waals surface area (Å²) in [6.45, 7) is 2.38. The maximum Gasteiger partial charge on any atom is 0.107 e. The monoisotopic (exact) mass is 266 g/mol. The molecule has 2 aliphatic rings. The van der Waals surface area contributed by atoms with Gasteiger partial charge < -0.3 is 5.73 Å². The van der Waals surface area contributed by atoms with Gasteiger partial charge in [-0.05, 0) is 49.7 Å². The Morgan fingerprint density at radius 1 is 1.33 bits per heavy atom. The third-order valence-electron chi connectivity index (χ3n) is 4.79. The molecule has 2 aliphatic carbocycles. The summed E-state index contributed by atoms with van der Waals surface area (Å²) in [7, 11) is 0. The molecule has 2 saturated carbocycles. The average Bonchev–Trinajstić information content (AvgIpc) is 2.72. The second-order valence-electron chi connectivity index (χ2n) is 6.29. The predicted molar refractivity (Wildman–Crippen MR) is 78.4 cm³/mol. The first-order valence-corrected chi connectivity index (χ1v) is 8.50. The highest BCUT2D eigenvalue weighted by Crippen LogP contribution is 2.38. The largest absolute Gasteiger partial charge is 0.313 e. The van der Waals surface area contributed by atoms with Crippen molar-refractivity contribution >= 4 is 11.8 Å². The van der Waals surface area contributed by atoms with Crippen molar-refractivity contribution in [2.45, 2.75) is 69.1 Å². The Kier molecular flexibility index (Phi) is 4.98. The van der Waals surface area contributed by atoms with Crippen molar-refractivity contribution in [1.29, 1.82) is 5.26 Å². The lowest BCUT2D eigenvalue weighted by Gasteiger charge is -2.28. The van der Waals surface area contributed by atoms with Gasteiger partial charge in [-0.3, -0.25) is 0 Å². The summed E-state index contributed by atoms with van der Waals surface area (Å²) < 4.78 is 0. The zero-order valence-electron chi connectivity index (χ0n) is 11.5. The van der Waals surface area contributed by atoms with E-state index in [2.05, 4.69) is 24.8 Å². The molecule has 0 amide bonds. The van der Waals surface area contributed by atoms with Crippen molar-refractivity contribution in [3.63, 3.8) is 0 Å². The standard InChI is InChI=1S/C15H26N2S/c1-12-4-2-6-14(10-12)18-9-7-13-5-3-8-15(13,17)11-16/h12-14H,2-10,17H2,1H3. The molecule has 3 heteroatoms. The molecule has 0 aromatic rings. The molecule has 0 radical (unpaired) electrons. The van der Waals surface area contributed by atoms with Crippen LogP contribution in [0.5, 0.6) is 0 Å². The summed E-state index contributed by atoms with van der Waals surface area (Å²) in [5, 5.41) is 10.1. The van der Waals surface area contributed by atoms with E-state index in [0.717, 1.165) is 36.9 Å². The van der Waals surface area contributed by atoms with Crippen LogP contribution in [0.3, 0.4) is 0 Å². The van der Waals surface area contributed by atoms with Gasteiger partial charge in [-0.15, -0.1) is 0 Å². The maximum absolute atomic E-state index is 9.20.